The van der Waals surface area contributed by atoms with Gasteiger partial charge >= 0.3 is 0 Å². The summed E-state index contributed by atoms with van der Waals surface area (Å²) < 4.78 is 0. The van der Waals surface area contributed by atoms with Gasteiger partial charge in [0.1, 0.15) is 5.15 Å². The number of pyridine rings is 1. The molecule has 1 N–H and O–H groups in total. The van der Waals surface area contributed by atoms with Crippen molar-refractivity contribution in [2.75, 3.05) is 18.4 Å². The molecule has 1 aliphatic rings. The number of aromatic nitrogens is 2. The number of thiazole rings is 1. The summed E-state index contributed by atoms with van der Waals surface area (Å²) in [5.74, 6) is 0.527. The SMILES string of the molecule is CC[C@@H]1CN(C(=O)c2ccnc(Cl)c2)CC[C@H]1CC(=O)Nc1nccs1. The molecule has 0 unspecified atom stereocenters. The molecule has 26 heavy (non-hydrogen) atoms. The summed E-state index contributed by atoms with van der Waals surface area (Å²) in [7, 11) is 0. The number of nitrogens with one attached hydrogen (secondary N) is 1. The Morgan fingerprint density at radius 1 is 1.35 bits per heavy atom. The van der Waals surface area contributed by atoms with E-state index >= 15 is 0 Å². The van der Waals surface area contributed by atoms with Gasteiger partial charge in [0.25, 0.3) is 5.91 Å². The summed E-state index contributed by atoms with van der Waals surface area (Å²) in [5.41, 5.74) is 0.555. The number of nitrogens with zero attached hydrogens (tertiary/aromatic N) is 3. The molecular weight excluding hydrogens is 372 g/mol. The molecule has 0 aromatic carbocycles. The number of carbonyl (C=O) groups is 2. The summed E-state index contributed by atoms with van der Waals surface area (Å²) in [6.07, 6.45) is 5.42. The van der Waals surface area contributed by atoms with Crippen LogP contribution in [0.5, 0.6) is 0 Å². The van der Waals surface area contributed by atoms with E-state index in [9.17, 15) is 9.59 Å². The number of amides is 2. The second kappa shape index (κ2) is 8.60. The fraction of sp³-hybridized carbons (Fsp3) is 0.444. The Morgan fingerprint density at radius 2 is 2.19 bits per heavy atom. The summed E-state index contributed by atoms with van der Waals surface area (Å²) in [4.78, 5) is 34.8. The Morgan fingerprint density at radius 3 is 2.88 bits per heavy atom. The molecule has 0 radical (unpaired) electrons. The number of hydrogen-bond acceptors (Lipinski definition) is 5. The van der Waals surface area contributed by atoms with Crippen molar-refractivity contribution in [2.45, 2.75) is 26.2 Å². The van der Waals surface area contributed by atoms with Crippen molar-refractivity contribution in [3.8, 4) is 0 Å². The van der Waals surface area contributed by atoms with Gasteiger partial charge in [-0.15, -0.1) is 11.3 Å². The largest absolute Gasteiger partial charge is 0.338 e. The van der Waals surface area contributed by atoms with Crippen molar-refractivity contribution >= 4 is 39.9 Å². The predicted molar refractivity (Wildman–Crippen MR) is 102 cm³/mol. The maximum atomic E-state index is 12.7. The molecule has 3 rings (SSSR count). The normalized spacial score (nSPS) is 20.0. The highest BCUT2D eigenvalue weighted by molar-refractivity contribution is 7.13. The lowest BCUT2D eigenvalue weighted by molar-refractivity contribution is -0.117. The number of carbonyl (C=O) groups excluding carboxylic acids is 2. The summed E-state index contributed by atoms with van der Waals surface area (Å²) in [6, 6.07) is 3.28. The Labute approximate surface area is 161 Å². The lowest BCUT2D eigenvalue weighted by Gasteiger charge is -2.38. The Bertz CT molecular complexity index is 768. The maximum absolute atomic E-state index is 12.7. The van der Waals surface area contributed by atoms with Crippen LogP contribution in [0.25, 0.3) is 0 Å². The third kappa shape index (κ3) is 4.59. The quantitative estimate of drug-likeness (QED) is 0.787. The van der Waals surface area contributed by atoms with Crippen LogP contribution in [0.4, 0.5) is 5.13 Å². The highest BCUT2D eigenvalue weighted by Gasteiger charge is 2.32. The molecule has 2 atom stereocenters. The predicted octanol–water partition coefficient (Wildman–Crippen LogP) is 3.71. The van der Waals surface area contributed by atoms with Gasteiger partial charge in [0.2, 0.25) is 5.91 Å². The van der Waals surface area contributed by atoms with Crippen molar-refractivity contribution in [3.63, 3.8) is 0 Å². The lowest BCUT2D eigenvalue weighted by atomic mass is 9.81. The van der Waals surface area contributed by atoms with Crippen LogP contribution in [0.3, 0.4) is 0 Å². The van der Waals surface area contributed by atoms with Gasteiger partial charge in [-0.2, -0.15) is 0 Å². The maximum Gasteiger partial charge on any atom is 0.254 e. The molecule has 0 bridgehead atoms. The van der Waals surface area contributed by atoms with Gasteiger partial charge in [0.15, 0.2) is 5.13 Å². The van der Waals surface area contributed by atoms with E-state index in [4.69, 9.17) is 11.6 Å². The van der Waals surface area contributed by atoms with E-state index in [0.717, 1.165) is 12.8 Å². The summed E-state index contributed by atoms with van der Waals surface area (Å²) >= 11 is 7.30. The fourth-order valence-corrected chi connectivity index (χ4v) is 4.13. The molecule has 0 saturated carbocycles. The molecule has 2 amide bonds. The molecule has 138 valence electrons. The molecule has 0 aliphatic carbocycles. The smallest absolute Gasteiger partial charge is 0.254 e. The van der Waals surface area contributed by atoms with Gasteiger partial charge in [-0.25, -0.2) is 9.97 Å². The van der Waals surface area contributed by atoms with Crippen LogP contribution in [-0.4, -0.2) is 39.8 Å². The van der Waals surface area contributed by atoms with Crippen LogP contribution in [-0.2, 0) is 4.79 Å². The molecule has 2 aromatic rings. The van der Waals surface area contributed by atoms with Gasteiger partial charge in [-0.05, 0) is 30.4 Å². The van der Waals surface area contributed by atoms with Crippen LogP contribution in [0, 0.1) is 11.8 Å². The second-order valence-electron chi connectivity index (χ2n) is 6.43. The van der Waals surface area contributed by atoms with Crippen molar-refractivity contribution < 1.29 is 9.59 Å². The third-order valence-corrected chi connectivity index (χ3v) is 5.70. The van der Waals surface area contributed by atoms with E-state index in [2.05, 4.69) is 22.2 Å². The van der Waals surface area contributed by atoms with Gasteiger partial charge in [0, 0.05) is 42.8 Å². The Kier molecular flexibility index (Phi) is 6.21. The fourth-order valence-electron chi connectivity index (χ4n) is 3.41. The van der Waals surface area contributed by atoms with Crippen LogP contribution in [0.1, 0.15) is 36.5 Å². The molecule has 1 aliphatic heterocycles. The first-order valence-electron chi connectivity index (χ1n) is 8.67. The first kappa shape index (κ1) is 18.8. The summed E-state index contributed by atoms with van der Waals surface area (Å²) in [5, 5.41) is 5.63. The zero-order valence-electron chi connectivity index (χ0n) is 14.5. The highest BCUT2D eigenvalue weighted by Crippen LogP contribution is 2.30. The average molecular weight is 393 g/mol. The molecule has 1 fully saturated rings. The van der Waals surface area contributed by atoms with E-state index < -0.39 is 0 Å². The van der Waals surface area contributed by atoms with Crippen LogP contribution >= 0.6 is 22.9 Å². The topological polar surface area (TPSA) is 75.2 Å². The first-order valence-corrected chi connectivity index (χ1v) is 9.92. The zero-order chi connectivity index (χ0) is 18.5. The molecule has 1 saturated heterocycles. The van der Waals surface area contributed by atoms with Crippen LogP contribution in [0.15, 0.2) is 29.9 Å². The van der Waals surface area contributed by atoms with E-state index in [0.29, 0.717) is 41.3 Å². The van der Waals surface area contributed by atoms with Gasteiger partial charge in [0.05, 0.1) is 0 Å². The van der Waals surface area contributed by atoms with Crippen molar-refractivity contribution in [1.82, 2.24) is 14.9 Å². The lowest BCUT2D eigenvalue weighted by Crippen LogP contribution is -2.44. The summed E-state index contributed by atoms with van der Waals surface area (Å²) in [6.45, 7) is 3.41. The molecule has 0 spiro atoms. The monoisotopic (exact) mass is 392 g/mol. The average Bonchev–Trinajstić information content (AvgIpc) is 3.14. The Balaban J connectivity index is 1.59. The van der Waals surface area contributed by atoms with Gasteiger partial charge in [-0.3, -0.25) is 9.59 Å². The molecular formula is C18H21ClN4O2S. The van der Waals surface area contributed by atoms with E-state index in [1.807, 2.05) is 10.3 Å². The van der Waals surface area contributed by atoms with Crippen molar-refractivity contribution in [1.29, 1.82) is 0 Å². The third-order valence-electron chi connectivity index (χ3n) is 4.80. The van der Waals surface area contributed by atoms with E-state index in [1.165, 1.54) is 11.3 Å². The number of rotatable bonds is 5. The number of likely N-dealkylation sites (tertiary alicyclic amines) is 1. The number of hydrogen-bond donors (Lipinski definition) is 1. The van der Waals surface area contributed by atoms with Crippen LogP contribution in [0.2, 0.25) is 5.15 Å². The van der Waals surface area contributed by atoms with Crippen molar-refractivity contribution in [2.24, 2.45) is 11.8 Å². The van der Waals surface area contributed by atoms with Crippen LogP contribution < -0.4 is 5.32 Å². The minimum absolute atomic E-state index is 0.0101. The second-order valence-corrected chi connectivity index (χ2v) is 7.71. The van der Waals surface area contributed by atoms with E-state index in [1.54, 1.807) is 24.5 Å². The number of anilines is 1. The zero-order valence-corrected chi connectivity index (χ0v) is 16.1. The van der Waals surface area contributed by atoms with E-state index in [-0.39, 0.29) is 17.7 Å². The highest BCUT2D eigenvalue weighted by atomic mass is 35.5. The van der Waals surface area contributed by atoms with Gasteiger partial charge in [-0.1, -0.05) is 24.9 Å². The molecule has 6 nitrogen and oxygen atoms in total. The minimum atomic E-state index is -0.0292. The number of halogens is 1. The first-order chi connectivity index (χ1) is 12.6. The minimum Gasteiger partial charge on any atom is -0.338 e. The standard InChI is InChI=1S/C18H21ClN4O2S/c1-2-12-11-23(17(25)14-3-5-20-15(19)9-14)7-4-13(12)10-16(24)22-18-21-6-8-26-18/h3,5-6,8-9,12-13H,2,4,7,10-11H2,1H3,(H,21,22,24)/t12-,13+/m1/s1. The van der Waals surface area contributed by atoms with Gasteiger partial charge < -0.3 is 10.2 Å². The number of piperidine rings is 1. The molecule has 3 heterocycles. The molecule has 8 heteroatoms. The van der Waals surface area contributed by atoms with Crippen molar-refractivity contribution in [3.05, 3.63) is 40.6 Å². The Hall–Kier alpha value is -1.99. The molecule has 2 aromatic heterocycles.